The zero-order valence-corrected chi connectivity index (χ0v) is 16.4. The summed E-state index contributed by atoms with van der Waals surface area (Å²) < 4.78 is 10.7. The molecule has 0 bridgehead atoms. The predicted octanol–water partition coefficient (Wildman–Crippen LogP) is 4.31. The summed E-state index contributed by atoms with van der Waals surface area (Å²) in [5.41, 5.74) is 2.84. The van der Waals surface area contributed by atoms with Crippen molar-refractivity contribution < 1.29 is 18.8 Å². The number of aromatic nitrogens is 1. The van der Waals surface area contributed by atoms with E-state index in [-0.39, 0.29) is 11.9 Å². The fourth-order valence-corrected chi connectivity index (χ4v) is 5.25. The Morgan fingerprint density at radius 2 is 1.81 bits per heavy atom. The molecule has 0 saturated heterocycles. The topological polar surface area (TPSA) is 81.4 Å². The molecular formula is C20H24N2O4S. The third-order valence-corrected chi connectivity index (χ3v) is 6.50. The van der Waals surface area contributed by atoms with Crippen molar-refractivity contribution in [1.29, 1.82) is 0 Å². The molecule has 0 unspecified atom stereocenters. The summed E-state index contributed by atoms with van der Waals surface area (Å²) in [5.74, 6) is 0.172. The van der Waals surface area contributed by atoms with Crippen LogP contribution >= 0.6 is 11.3 Å². The first kappa shape index (κ1) is 18.2. The summed E-state index contributed by atoms with van der Waals surface area (Å²) in [4.78, 5) is 26.6. The van der Waals surface area contributed by atoms with Crippen molar-refractivity contribution in [3.8, 4) is 0 Å². The number of anilines is 1. The van der Waals surface area contributed by atoms with E-state index in [1.54, 1.807) is 6.92 Å². The van der Waals surface area contributed by atoms with Gasteiger partial charge in [-0.2, -0.15) is 0 Å². The van der Waals surface area contributed by atoms with Crippen LogP contribution in [0.25, 0.3) is 0 Å². The lowest BCUT2D eigenvalue weighted by atomic mass is 9.95. The Kier molecular flexibility index (Phi) is 5.29. The largest absolute Gasteiger partial charge is 0.462 e. The molecule has 2 aromatic heterocycles. The quantitative estimate of drug-likeness (QED) is 0.623. The second-order valence-corrected chi connectivity index (χ2v) is 8.19. The maximum atomic E-state index is 12.9. The monoisotopic (exact) mass is 388 g/mol. The van der Waals surface area contributed by atoms with E-state index in [1.807, 2.05) is 0 Å². The number of aryl methyl sites for hydroxylation is 2. The molecule has 0 atom stereocenters. The van der Waals surface area contributed by atoms with Gasteiger partial charge in [0, 0.05) is 16.9 Å². The van der Waals surface area contributed by atoms with Crippen molar-refractivity contribution >= 4 is 28.2 Å². The number of esters is 1. The maximum Gasteiger partial charge on any atom is 0.341 e. The van der Waals surface area contributed by atoms with Crippen LogP contribution in [0, 0.1) is 0 Å². The molecule has 27 heavy (non-hydrogen) atoms. The summed E-state index contributed by atoms with van der Waals surface area (Å²) in [7, 11) is 0. The first-order valence-electron chi connectivity index (χ1n) is 9.79. The van der Waals surface area contributed by atoms with Crippen LogP contribution in [0.4, 0.5) is 5.00 Å². The smallest absolute Gasteiger partial charge is 0.341 e. The van der Waals surface area contributed by atoms with Gasteiger partial charge in [-0.25, -0.2) is 4.79 Å². The third kappa shape index (κ3) is 3.52. The van der Waals surface area contributed by atoms with Gasteiger partial charge < -0.3 is 14.6 Å². The van der Waals surface area contributed by atoms with Crippen LogP contribution in [-0.2, 0) is 30.4 Å². The van der Waals surface area contributed by atoms with E-state index in [9.17, 15) is 9.59 Å². The van der Waals surface area contributed by atoms with E-state index in [1.165, 1.54) is 16.2 Å². The highest BCUT2D eigenvalue weighted by Gasteiger charge is 2.29. The molecule has 0 aliphatic heterocycles. The van der Waals surface area contributed by atoms with Crippen molar-refractivity contribution in [3.05, 3.63) is 33.0 Å². The second kappa shape index (κ2) is 7.84. The van der Waals surface area contributed by atoms with E-state index < -0.39 is 0 Å². The number of amides is 1. The van der Waals surface area contributed by atoms with Crippen LogP contribution in [0.3, 0.4) is 0 Å². The normalized spacial score (nSPS) is 16.2. The van der Waals surface area contributed by atoms with E-state index in [2.05, 4.69) is 10.5 Å². The van der Waals surface area contributed by atoms with E-state index in [0.29, 0.717) is 22.9 Å². The Balaban J connectivity index is 1.64. The minimum Gasteiger partial charge on any atom is -0.462 e. The number of rotatable bonds is 4. The average Bonchev–Trinajstić information content (AvgIpc) is 3.15. The number of ether oxygens (including phenoxy) is 1. The Labute approximate surface area is 162 Å². The molecule has 4 rings (SSSR count). The maximum absolute atomic E-state index is 12.9. The lowest BCUT2D eigenvalue weighted by Crippen LogP contribution is -2.17. The molecule has 144 valence electrons. The number of nitrogens with zero attached hydrogens (tertiary/aromatic N) is 1. The Morgan fingerprint density at radius 3 is 2.67 bits per heavy atom. The first-order chi connectivity index (χ1) is 13.2. The van der Waals surface area contributed by atoms with Crippen molar-refractivity contribution in [2.75, 3.05) is 11.9 Å². The molecule has 2 aliphatic carbocycles. The predicted molar refractivity (Wildman–Crippen MR) is 103 cm³/mol. The van der Waals surface area contributed by atoms with Crippen LogP contribution in [0.1, 0.15) is 81.6 Å². The van der Waals surface area contributed by atoms with Crippen molar-refractivity contribution in [2.24, 2.45) is 0 Å². The summed E-state index contributed by atoms with van der Waals surface area (Å²) in [6.07, 6.45) is 8.85. The van der Waals surface area contributed by atoms with Gasteiger partial charge in [0.05, 0.1) is 12.2 Å². The van der Waals surface area contributed by atoms with Crippen LogP contribution < -0.4 is 5.32 Å². The van der Waals surface area contributed by atoms with Gasteiger partial charge in [-0.15, -0.1) is 11.3 Å². The number of nitrogens with one attached hydrogen (secondary N) is 1. The molecule has 2 heterocycles. The minimum atomic E-state index is -0.355. The van der Waals surface area contributed by atoms with Gasteiger partial charge >= 0.3 is 5.97 Å². The van der Waals surface area contributed by atoms with Gasteiger partial charge in [0.2, 0.25) is 0 Å². The minimum absolute atomic E-state index is 0.300. The molecule has 7 heteroatoms. The highest BCUT2D eigenvalue weighted by Crippen LogP contribution is 2.39. The Morgan fingerprint density at radius 1 is 1.07 bits per heavy atom. The standard InChI is InChI=1S/C20H24N2O4S/c1-2-25-20(24)16-13-9-6-7-11-15(13)27-19(16)21-18(23)17-12-8-4-3-5-10-14(12)26-22-17/h2-11H2,1H3,(H,21,23). The number of fused-ring (bicyclic) bond motifs is 2. The lowest BCUT2D eigenvalue weighted by molar-refractivity contribution is 0.0526. The fourth-order valence-electron chi connectivity index (χ4n) is 3.98. The van der Waals surface area contributed by atoms with Gasteiger partial charge in [0.25, 0.3) is 5.91 Å². The Hall–Kier alpha value is -2.15. The number of hydrogen-bond donors (Lipinski definition) is 1. The van der Waals surface area contributed by atoms with E-state index in [4.69, 9.17) is 9.26 Å². The highest BCUT2D eigenvalue weighted by atomic mass is 32.1. The molecule has 2 aliphatic rings. The summed E-state index contributed by atoms with van der Waals surface area (Å²) in [6.45, 7) is 2.10. The van der Waals surface area contributed by atoms with Crippen LogP contribution in [-0.4, -0.2) is 23.6 Å². The van der Waals surface area contributed by atoms with Gasteiger partial charge in [-0.05, 0) is 57.4 Å². The Bertz CT molecular complexity index is 868. The zero-order valence-electron chi connectivity index (χ0n) is 15.6. The molecule has 1 amide bonds. The first-order valence-corrected chi connectivity index (χ1v) is 10.6. The van der Waals surface area contributed by atoms with Crippen molar-refractivity contribution in [1.82, 2.24) is 5.16 Å². The van der Waals surface area contributed by atoms with Crippen LogP contribution in [0.2, 0.25) is 0 Å². The van der Waals surface area contributed by atoms with Crippen LogP contribution in [0.15, 0.2) is 4.52 Å². The molecule has 0 fully saturated rings. The molecule has 0 radical (unpaired) electrons. The number of thiophene rings is 1. The third-order valence-electron chi connectivity index (χ3n) is 5.29. The van der Waals surface area contributed by atoms with E-state index >= 15 is 0 Å². The average molecular weight is 388 g/mol. The summed E-state index contributed by atoms with van der Waals surface area (Å²) >= 11 is 1.49. The molecule has 0 saturated carbocycles. The zero-order chi connectivity index (χ0) is 18.8. The van der Waals surface area contributed by atoms with Crippen LogP contribution in [0.5, 0.6) is 0 Å². The second-order valence-electron chi connectivity index (χ2n) is 7.08. The van der Waals surface area contributed by atoms with E-state index in [0.717, 1.165) is 74.7 Å². The van der Waals surface area contributed by atoms with Gasteiger partial charge in [-0.3, -0.25) is 4.79 Å². The number of carbonyl (C=O) groups is 2. The van der Waals surface area contributed by atoms with Crippen molar-refractivity contribution in [2.45, 2.75) is 64.7 Å². The lowest BCUT2D eigenvalue weighted by Gasteiger charge is -2.12. The molecule has 2 aromatic rings. The van der Waals surface area contributed by atoms with Gasteiger partial charge in [0.1, 0.15) is 10.8 Å². The molecule has 0 aromatic carbocycles. The molecule has 1 N–H and O–H groups in total. The van der Waals surface area contributed by atoms with Gasteiger partial charge in [-0.1, -0.05) is 11.6 Å². The van der Waals surface area contributed by atoms with Crippen molar-refractivity contribution in [3.63, 3.8) is 0 Å². The van der Waals surface area contributed by atoms with Gasteiger partial charge in [0.15, 0.2) is 5.69 Å². The molecule has 6 nitrogen and oxygen atoms in total. The fraction of sp³-hybridized carbons (Fsp3) is 0.550. The molecular weight excluding hydrogens is 364 g/mol. The summed E-state index contributed by atoms with van der Waals surface area (Å²) in [6, 6.07) is 0. The SMILES string of the molecule is CCOC(=O)c1c(NC(=O)c2noc3c2CCCCC3)sc2c1CCCC2. The summed E-state index contributed by atoms with van der Waals surface area (Å²) in [5, 5.41) is 7.55. The number of hydrogen-bond acceptors (Lipinski definition) is 6. The highest BCUT2D eigenvalue weighted by molar-refractivity contribution is 7.17. The number of carbonyl (C=O) groups excluding carboxylic acids is 2. The molecule has 0 spiro atoms.